The standard InChI is InChI=1S/C39H59NO/c1-5-6-7-8-9-10-11-12-27-39(31-40)28-24-37(25-29-39)35-18-16-34(17-19-35)36-20-22-38(23-21-36)41-30-26-33(4)15-13-14-32(2)3/h16-23,32-33,37H,5-15,24-30H2,1-4H3/t33-,37-,39-/m1/s1. The van der Waals surface area contributed by atoms with Crippen molar-refractivity contribution in [3.63, 3.8) is 0 Å². The van der Waals surface area contributed by atoms with Crippen molar-refractivity contribution in [3.05, 3.63) is 54.1 Å². The molecule has 1 atom stereocenters. The minimum absolute atomic E-state index is 0.0751. The molecule has 1 saturated carbocycles. The van der Waals surface area contributed by atoms with Crippen LogP contribution in [0.3, 0.4) is 0 Å². The van der Waals surface area contributed by atoms with Gasteiger partial charge in [-0.25, -0.2) is 0 Å². The Morgan fingerprint density at radius 2 is 1.34 bits per heavy atom. The maximum atomic E-state index is 10.0. The van der Waals surface area contributed by atoms with E-state index in [1.807, 2.05) is 0 Å². The van der Waals surface area contributed by atoms with Gasteiger partial charge in [0.2, 0.25) is 0 Å². The largest absolute Gasteiger partial charge is 0.494 e. The van der Waals surface area contributed by atoms with Gasteiger partial charge in [0.1, 0.15) is 5.75 Å². The van der Waals surface area contributed by atoms with Crippen LogP contribution in [-0.2, 0) is 0 Å². The first-order chi connectivity index (χ1) is 19.9. The van der Waals surface area contributed by atoms with Crippen molar-refractivity contribution in [2.45, 2.75) is 143 Å². The molecule has 0 radical (unpaired) electrons. The van der Waals surface area contributed by atoms with Gasteiger partial charge in [-0.15, -0.1) is 0 Å². The molecule has 0 heterocycles. The number of hydrogen-bond acceptors (Lipinski definition) is 2. The summed E-state index contributed by atoms with van der Waals surface area (Å²) >= 11 is 0. The maximum absolute atomic E-state index is 10.0. The SMILES string of the molecule is CCCCCCCCCC[C@]1(C#N)CC[C@H](c2ccc(-c3ccc(OCC[C@H](C)CCCC(C)C)cc3)cc2)CC1. The van der Waals surface area contributed by atoms with Gasteiger partial charge >= 0.3 is 0 Å². The fourth-order valence-corrected chi connectivity index (χ4v) is 6.61. The van der Waals surface area contributed by atoms with Crippen LogP contribution in [0.25, 0.3) is 11.1 Å². The van der Waals surface area contributed by atoms with Gasteiger partial charge in [0.25, 0.3) is 0 Å². The summed E-state index contributed by atoms with van der Waals surface area (Å²) in [6, 6.07) is 20.6. The number of nitriles is 1. The van der Waals surface area contributed by atoms with Crippen molar-refractivity contribution in [2.24, 2.45) is 17.3 Å². The maximum Gasteiger partial charge on any atom is 0.119 e. The molecule has 0 amide bonds. The van der Waals surface area contributed by atoms with Crippen LogP contribution in [-0.4, -0.2) is 6.61 Å². The molecule has 2 heteroatoms. The Hall–Kier alpha value is -2.27. The van der Waals surface area contributed by atoms with Crippen molar-refractivity contribution < 1.29 is 4.74 Å². The molecular weight excluding hydrogens is 498 g/mol. The minimum atomic E-state index is -0.0751. The molecule has 0 saturated heterocycles. The molecule has 41 heavy (non-hydrogen) atoms. The second-order valence-corrected chi connectivity index (χ2v) is 13.6. The summed E-state index contributed by atoms with van der Waals surface area (Å²) in [5, 5.41) is 10.0. The van der Waals surface area contributed by atoms with Crippen molar-refractivity contribution >= 4 is 0 Å². The summed E-state index contributed by atoms with van der Waals surface area (Å²) in [6.07, 6.45) is 21.3. The molecule has 0 unspecified atom stereocenters. The Kier molecular flexibility index (Phi) is 14.8. The molecule has 0 aliphatic heterocycles. The summed E-state index contributed by atoms with van der Waals surface area (Å²) in [4.78, 5) is 0. The quantitative estimate of drug-likeness (QED) is 0.161. The Bertz CT molecular complexity index is 991. The first-order valence-corrected chi connectivity index (χ1v) is 17.2. The number of unbranched alkanes of at least 4 members (excludes halogenated alkanes) is 7. The summed E-state index contributed by atoms with van der Waals surface area (Å²) < 4.78 is 6.05. The lowest BCUT2D eigenvalue weighted by atomic mass is 9.67. The molecule has 0 spiro atoms. The Morgan fingerprint density at radius 3 is 1.93 bits per heavy atom. The second kappa shape index (κ2) is 18.3. The predicted molar refractivity (Wildman–Crippen MR) is 176 cm³/mol. The molecule has 2 aromatic rings. The summed E-state index contributed by atoms with van der Waals surface area (Å²) in [5.41, 5.74) is 3.86. The highest BCUT2D eigenvalue weighted by Crippen LogP contribution is 2.46. The third kappa shape index (κ3) is 11.9. The lowest BCUT2D eigenvalue weighted by molar-refractivity contribution is 0.222. The van der Waals surface area contributed by atoms with E-state index in [1.165, 1.54) is 87.3 Å². The molecule has 3 rings (SSSR count). The average Bonchev–Trinajstić information content (AvgIpc) is 2.99. The Labute approximate surface area is 253 Å². The van der Waals surface area contributed by atoms with Crippen molar-refractivity contribution in [3.8, 4) is 22.9 Å². The molecule has 226 valence electrons. The second-order valence-electron chi connectivity index (χ2n) is 13.6. The number of benzene rings is 2. The van der Waals surface area contributed by atoms with E-state index >= 15 is 0 Å². The fourth-order valence-electron chi connectivity index (χ4n) is 6.61. The van der Waals surface area contributed by atoms with E-state index < -0.39 is 0 Å². The van der Waals surface area contributed by atoms with Crippen LogP contribution in [0.2, 0.25) is 0 Å². The number of nitrogens with zero attached hydrogens (tertiary/aromatic N) is 1. The highest BCUT2D eigenvalue weighted by atomic mass is 16.5. The first-order valence-electron chi connectivity index (χ1n) is 17.2. The van der Waals surface area contributed by atoms with E-state index in [0.29, 0.717) is 5.92 Å². The highest BCUT2D eigenvalue weighted by Gasteiger charge is 2.35. The third-order valence-corrected chi connectivity index (χ3v) is 9.62. The Morgan fingerprint density at radius 1 is 0.756 bits per heavy atom. The topological polar surface area (TPSA) is 33.0 Å². The van der Waals surface area contributed by atoms with Crippen LogP contribution in [0.4, 0.5) is 0 Å². The van der Waals surface area contributed by atoms with Gasteiger partial charge in [0.05, 0.1) is 18.1 Å². The van der Waals surface area contributed by atoms with Crippen molar-refractivity contribution in [2.75, 3.05) is 6.61 Å². The molecule has 1 fully saturated rings. The van der Waals surface area contributed by atoms with Gasteiger partial charge in [-0.2, -0.15) is 5.26 Å². The van der Waals surface area contributed by atoms with Crippen LogP contribution >= 0.6 is 0 Å². The Balaban J connectivity index is 1.39. The van der Waals surface area contributed by atoms with Crippen LogP contribution in [0.1, 0.15) is 148 Å². The average molecular weight is 558 g/mol. The van der Waals surface area contributed by atoms with Gasteiger partial charge in [0.15, 0.2) is 0 Å². The number of hydrogen-bond donors (Lipinski definition) is 0. The van der Waals surface area contributed by atoms with E-state index in [4.69, 9.17) is 4.74 Å². The normalized spacial score (nSPS) is 19.7. The number of rotatable bonds is 19. The molecule has 2 nitrogen and oxygen atoms in total. The van der Waals surface area contributed by atoms with Gasteiger partial charge in [-0.1, -0.05) is 135 Å². The molecule has 0 bridgehead atoms. The van der Waals surface area contributed by atoms with Crippen LogP contribution in [0.5, 0.6) is 5.75 Å². The zero-order valence-corrected chi connectivity index (χ0v) is 26.9. The summed E-state index contributed by atoms with van der Waals surface area (Å²) in [6.45, 7) is 10.0. The van der Waals surface area contributed by atoms with E-state index in [2.05, 4.69) is 82.3 Å². The third-order valence-electron chi connectivity index (χ3n) is 9.62. The fraction of sp³-hybridized carbons (Fsp3) is 0.667. The molecule has 1 aliphatic carbocycles. The molecule has 0 N–H and O–H groups in total. The molecule has 2 aromatic carbocycles. The van der Waals surface area contributed by atoms with Crippen molar-refractivity contribution in [1.29, 1.82) is 5.26 Å². The summed E-state index contributed by atoms with van der Waals surface area (Å²) in [5.74, 6) is 3.09. The first kappa shape index (κ1) is 33.2. The van der Waals surface area contributed by atoms with Gasteiger partial charge in [0, 0.05) is 0 Å². The van der Waals surface area contributed by atoms with E-state index in [-0.39, 0.29) is 5.41 Å². The molecule has 1 aliphatic rings. The predicted octanol–water partition coefficient (Wildman–Crippen LogP) is 12.3. The molecular formula is C39H59NO. The van der Waals surface area contributed by atoms with Crippen molar-refractivity contribution in [1.82, 2.24) is 0 Å². The highest BCUT2D eigenvalue weighted by molar-refractivity contribution is 5.64. The minimum Gasteiger partial charge on any atom is -0.494 e. The van der Waals surface area contributed by atoms with E-state index in [0.717, 1.165) is 62.7 Å². The van der Waals surface area contributed by atoms with Gasteiger partial charge < -0.3 is 4.74 Å². The van der Waals surface area contributed by atoms with E-state index in [1.54, 1.807) is 0 Å². The summed E-state index contributed by atoms with van der Waals surface area (Å²) in [7, 11) is 0. The zero-order valence-electron chi connectivity index (χ0n) is 26.9. The smallest absolute Gasteiger partial charge is 0.119 e. The van der Waals surface area contributed by atoms with Gasteiger partial charge in [-0.05, 0) is 85.1 Å². The zero-order chi connectivity index (χ0) is 29.3. The van der Waals surface area contributed by atoms with Crippen LogP contribution in [0.15, 0.2) is 48.5 Å². The molecule has 0 aromatic heterocycles. The van der Waals surface area contributed by atoms with Gasteiger partial charge in [-0.3, -0.25) is 0 Å². The lowest BCUT2D eigenvalue weighted by Gasteiger charge is -2.35. The monoisotopic (exact) mass is 557 g/mol. The number of ether oxygens (including phenoxy) is 1. The van der Waals surface area contributed by atoms with Crippen LogP contribution < -0.4 is 4.74 Å². The van der Waals surface area contributed by atoms with Crippen LogP contribution in [0, 0.1) is 28.6 Å². The van der Waals surface area contributed by atoms with E-state index in [9.17, 15) is 5.26 Å². The lowest BCUT2D eigenvalue weighted by Crippen LogP contribution is -2.25.